The van der Waals surface area contributed by atoms with Crippen molar-refractivity contribution in [3.8, 4) is 5.75 Å². The van der Waals surface area contributed by atoms with Gasteiger partial charge >= 0.3 is 18.0 Å². The van der Waals surface area contributed by atoms with Crippen molar-refractivity contribution in [2.45, 2.75) is 13.1 Å². The number of nitrogens with zero attached hydrogens (tertiary/aromatic N) is 1. The number of halogens is 3. The first-order valence-corrected chi connectivity index (χ1v) is 8.40. The van der Waals surface area contributed by atoms with Gasteiger partial charge in [-0.3, -0.25) is 14.4 Å². The number of amides is 3. The Morgan fingerprint density at radius 2 is 1.60 bits per heavy atom. The van der Waals surface area contributed by atoms with E-state index < -0.39 is 29.5 Å². The van der Waals surface area contributed by atoms with Gasteiger partial charge in [0, 0.05) is 5.69 Å². The fourth-order valence-corrected chi connectivity index (χ4v) is 2.13. The normalized spacial score (nSPS) is 11.5. The summed E-state index contributed by atoms with van der Waals surface area (Å²) in [7, 11) is 0. The molecule has 0 aromatic heterocycles. The number of rotatable bonds is 6. The lowest BCUT2D eigenvalue weighted by atomic mass is 10.1. The molecule has 4 N–H and O–H groups in total. The van der Waals surface area contributed by atoms with Gasteiger partial charge < -0.3 is 15.8 Å². The molecule has 2 aromatic carbocycles. The van der Waals surface area contributed by atoms with Crippen molar-refractivity contribution in [1.29, 1.82) is 0 Å². The van der Waals surface area contributed by atoms with Gasteiger partial charge in [-0.15, -0.1) is 0 Å². The van der Waals surface area contributed by atoms with Gasteiger partial charge in [-0.25, -0.2) is 5.43 Å². The fourth-order valence-electron chi connectivity index (χ4n) is 2.13. The number of hydrazone groups is 1. The van der Waals surface area contributed by atoms with Gasteiger partial charge in [0.05, 0.1) is 11.3 Å². The third kappa shape index (κ3) is 6.62. The van der Waals surface area contributed by atoms with E-state index in [0.29, 0.717) is 17.0 Å². The number of carbonyl (C=O) groups excluding carboxylic acids is 3. The van der Waals surface area contributed by atoms with Crippen LogP contribution in [0.5, 0.6) is 5.75 Å². The summed E-state index contributed by atoms with van der Waals surface area (Å²) in [5.74, 6) is -2.41. The molecule has 11 heteroatoms. The second kappa shape index (κ2) is 9.54. The first-order valence-electron chi connectivity index (χ1n) is 8.40. The monoisotopic (exact) mass is 422 g/mol. The van der Waals surface area contributed by atoms with Crippen molar-refractivity contribution >= 4 is 29.1 Å². The minimum Gasteiger partial charge on any atom is -0.484 e. The molecule has 0 bridgehead atoms. The van der Waals surface area contributed by atoms with Gasteiger partial charge in [-0.1, -0.05) is 0 Å². The van der Waals surface area contributed by atoms with Gasteiger partial charge in [-0.05, 0) is 61.0 Å². The first-order chi connectivity index (χ1) is 14.1. The van der Waals surface area contributed by atoms with Gasteiger partial charge in [0.15, 0.2) is 6.61 Å². The third-order valence-electron chi connectivity index (χ3n) is 3.65. The zero-order valence-electron chi connectivity index (χ0n) is 15.6. The Morgan fingerprint density at radius 3 is 2.13 bits per heavy atom. The Kier molecular flexibility index (Phi) is 7.13. The highest BCUT2D eigenvalue weighted by Crippen LogP contribution is 2.29. The minimum atomic E-state index is -4.50. The van der Waals surface area contributed by atoms with Crippen LogP contribution in [0.1, 0.15) is 18.1 Å². The molecule has 0 spiro atoms. The molecule has 0 aliphatic heterocycles. The molecular weight excluding hydrogens is 405 g/mol. The summed E-state index contributed by atoms with van der Waals surface area (Å²) in [4.78, 5) is 34.4. The maximum atomic E-state index is 12.5. The molecule has 0 unspecified atom stereocenters. The Balaban J connectivity index is 1.92. The lowest BCUT2D eigenvalue weighted by Gasteiger charge is -2.08. The van der Waals surface area contributed by atoms with Gasteiger partial charge in [0.2, 0.25) is 0 Å². The van der Waals surface area contributed by atoms with E-state index in [4.69, 9.17) is 10.5 Å². The molecule has 8 nitrogen and oxygen atoms in total. The van der Waals surface area contributed by atoms with Crippen LogP contribution in [-0.4, -0.2) is 30.0 Å². The molecule has 0 saturated carbocycles. The summed E-state index contributed by atoms with van der Waals surface area (Å²) in [6.07, 6.45) is -4.50. The van der Waals surface area contributed by atoms with Crippen LogP contribution < -0.4 is 21.2 Å². The fraction of sp³-hybridized carbons (Fsp3) is 0.158. The summed E-state index contributed by atoms with van der Waals surface area (Å²) >= 11 is 0. The quantitative estimate of drug-likeness (QED) is 0.375. The number of anilines is 1. The zero-order valence-corrected chi connectivity index (χ0v) is 15.6. The zero-order chi connectivity index (χ0) is 22.3. The Labute approximate surface area is 168 Å². The summed E-state index contributed by atoms with van der Waals surface area (Å²) in [6.45, 7) is 1.31. The maximum Gasteiger partial charge on any atom is 0.416 e. The molecule has 0 atom stereocenters. The van der Waals surface area contributed by atoms with Crippen molar-refractivity contribution < 1.29 is 32.3 Å². The molecular formula is C19H17F3N4O4. The van der Waals surface area contributed by atoms with E-state index in [2.05, 4.69) is 15.8 Å². The van der Waals surface area contributed by atoms with Crippen LogP contribution in [0.3, 0.4) is 0 Å². The Morgan fingerprint density at radius 1 is 1.00 bits per heavy atom. The topological polar surface area (TPSA) is 123 Å². The summed E-state index contributed by atoms with van der Waals surface area (Å²) in [5, 5.41) is 5.97. The van der Waals surface area contributed by atoms with Crippen LogP contribution in [0.25, 0.3) is 0 Å². The van der Waals surface area contributed by atoms with Crippen LogP contribution in [0, 0.1) is 0 Å². The highest BCUT2D eigenvalue weighted by molar-refractivity contribution is 6.39. The van der Waals surface area contributed by atoms with E-state index in [1.807, 2.05) is 0 Å². The molecule has 2 aromatic rings. The van der Waals surface area contributed by atoms with Gasteiger partial charge in [0.25, 0.3) is 5.91 Å². The minimum absolute atomic E-state index is 0.0235. The van der Waals surface area contributed by atoms with Gasteiger partial charge in [-0.2, -0.15) is 18.3 Å². The average molecular weight is 422 g/mol. The number of hydrogen-bond donors (Lipinski definition) is 3. The van der Waals surface area contributed by atoms with Crippen molar-refractivity contribution in [3.63, 3.8) is 0 Å². The predicted molar refractivity (Wildman–Crippen MR) is 102 cm³/mol. The van der Waals surface area contributed by atoms with E-state index in [1.165, 1.54) is 0 Å². The molecule has 0 radical (unpaired) electrons. The standard InChI is InChI=1S/C19H17F3N4O4/c1-11(12-2-8-15(9-3-12)30-10-16(23)27)25-26-18(29)17(28)24-14-6-4-13(5-7-14)19(20,21)22/h2-9H,10H2,1H3,(H2,23,27)(H,24,28)(H,26,29)/b25-11+. The summed E-state index contributed by atoms with van der Waals surface area (Å²) in [6, 6.07) is 9.99. The molecule has 0 heterocycles. The van der Waals surface area contributed by atoms with Crippen molar-refractivity contribution in [2.24, 2.45) is 10.8 Å². The summed E-state index contributed by atoms with van der Waals surface area (Å²) < 4.78 is 42.7. The van der Waals surface area contributed by atoms with Crippen molar-refractivity contribution in [2.75, 3.05) is 11.9 Å². The number of nitrogens with two attached hydrogens (primary N) is 1. The highest BCUT2D eigenvalue weighted by atomic mass is 19.4. The lowest BCUT2D eigenvalue weighted by Crippen LogP contribution is -2.33. The first kappa shape index (κ1) is 22.4. The molecule has 0 aliphatic rings. The van der Waals surface area contributed by atoms with Crippen LogP contribution in [0.15, 0.2) is 53.6 Å². The van der Waals surface area contributed by atoms with Crippen LogP contribution in [0.2, 0.25) is 0 Å². The highest BCUT2D eigenvalue weighted by Gasteiger charge is 2.30. The van der Waals surface area contributed by atoms with E-state index in [0.717, 1.165) is 24.3 Å². The molecule has 158 valence electrons. The average Bonchev–Trinajstić information content (AvgIpc) is 2.70. The number of alkyl halides is 3. The lowest BCUT2D eigenvalue weighted by molar-refractivity contribution is -0.137. The molecule has 30 heavy (non-hydrogen) atoms. The van der Waals surface area contributed by atoms with Crippen molar-refractivity contribution in [3.05, 3.63) is 59.7 Å². The predicted octanol–water partition coefficient (Wildman–Crippen LogP) is 2.05. The number of benzene rings is 2. The van der Waals surface area contributed by atoms with Crippen LogP contribution >= 0.6 is 0 Å². The molecule has 0 aliphatic carbocycles. The second-order valence-electron chi connectivity index (χ2n) is 5.95. The number of nitrogens with one attached hydrogen (secondary N) is 2. The van der Waals surface area contributed by atoms with Gasteiger partial charge in [0.1, 0.15) is 5.75 Å². The number of carbonyl (C=O) groups is 3. The number of hydrogen-bond acceptors (Lipinski definition) is 5. The number of primary amides is 1. The second-order valence-corrected chi connectivity index (χ2v) is 5.95. The van der Waals surface area contributed by atoms with E-state index >= 15 is 0 Å². The third-order valence-corrected chi connectivity index (χ3v) is 3.65. The Bertz CT molecular complexity index is 955. The van der Waals surface area contributed by atoms with E-state index in [-0.39, 0.29) is 12.3 Å². The maximum absolute atomic E-state index is 12.5. The van der Waals surface area contributed by atoms with Crippen molar-refractivity contribution in [1.82, 2.24) is 5.43 Å². The van der Waals surface area contributed by atoms with Crippen LogP contribution in [0.4, 0.5) is 18.9 Å². The number of ether oxygens (including phenoxy) is 1. The molecule has 0 saturated heterocycles. The van der Waals surface area contributed by atoms with Crippen LogP contribution in [-0.2, 0) is 20.6 Å². The van der Waals surface area contributed by atoms with E-state index in [1.54, 1.807) is 31.2 Å². The molecule has 2 rings (SSSR count). The van der Waals surface area contributed by atoms with E-state index in [9.17, 15) is 27.6 Å². The largest absolute Gasteiger partial charge is 0.484 e. The molecule has 0 fully saturated rings. The smallest absolute Gasteiger partial charge is 0.416 e. The summed E-state index contributed by atoms with van der Waals surface area (Å²) in [5.41, 5.74) is 7.15. The SMILES string of the molecule is C/C(=N\NC(=O)C(=O)Nc1ccc(C(F)(F)F)cc1)c1ccc(OCC(N)=O)cc1. The Hall–Kier alpha value is -3.89. The molecule has 3 amide bonds.